The zero-order valence-electron chi connectivity index (χ0n) is 16.0. The lowest BCUT2D eigenvalue weighted by Gasteiger charge is -2.23. The van der Waals surface area contributed by atoms with Crippen molar-refractivity contribution in [3.8, 4) is 17.0 Å². The molecule has 0 aromatic carbocycles. The van der Waals surface area contributed by atoms with Crippen LogP contribution in [-0.2, 0) is 0 Å². The van der Waals surface area contributed by atoms with Crippen LogP contribution in [0, 0.1) is 25.7 Å². The Bertz CT molecular complexity index is 750. The smallest absolute Gasteiger partial charge is 0.269 e. The summed E-state index contributed by atoms with van der Waals surface area (Å²) in [6.07, 6.45) is 0.668. The summed E-state index contributed by atoms with van der Waals surface area (Å²) in [5.41, 5.74) is 9.03. The maximum atomic E-state index is 13.6. The van der Waals surface area contributed by atoms with E-state index in [1.165, 1.54) is 6.07 Å². The monoisotopic (exact) mass is 363 g/mol. The fourth-order valence-corrected chi connectivity index (χ4v) is 2.95. The largest absolute Gasteiger partial charge is 0.458 e. The molecular formula is C20H27F2N3O. The summed E-state index contributed by atoms with van der Waals surface area (Å²) in [4.78, 5) is 8.36. The first-order chi connectivity index (χ1) is 12.2. The number of pyridine rings is 2. The van der Waals surface area contributed by atoms with Crippen LogP contribution in [0.25, 0.3) is 11.1 Å². The lowest BCUT2D eigenvalue weighted by Crippen LogP contribution is -2.35. The molecule has 0 amide bonds. The quantitative estimate of drug-likeness (QED) is 0.700. The zero-order valence-corrected chi connectivity index (χ0v) is 16.0. The molecule has 6 heteroatoms. The number of hydrogen-bond acceptors (Lipinski definition) is 4. The normalized spacial score (nSPS) is 13.9. The Hall–Kier alpha value is -2.08. The Kier molecular flexibility index (Phi) is 6.64. The lowest BCUT2D eigenvalue weighted by molar-refractivity contribution is 0.109. The van der Waals surface area contributed by atoms with Crippen LogP contribution in [-0.4, -0.2) is 16.2 Å². The molecule has 0 aliphatic heterocycles. The van der Waals surface area contributed by atoms with Crippen LogP contribution >= 0.6 is 0 Å². The fourth-order valence-electron chi connectivity index (χ4n) is 2.95. The molecule has 26 heavy (non-hydrogen) atoms. The molecule has 0 saturated carbocycles. The number of halogens is 2. The number of nitrogens with zero attached hydrogens (tertiary/aromatic N) is 2. The Morgan fingerprint density at radius 2 is 1.85 bits per heavy atom. The van der Waals surface area contributed by atoms with Gasteiger partial charge >= 0.3 is 0 Å². The van der Waals surface area contributed by atoms with Gasteiger partial charge in [-0.25, -0.2) is 13.8 Å². The maximum absolute atomic E-state index is 13.6. The molecule has 2 atom stereocenters. The minimum atomic E-state index is -2.70. The third-order valence-corrected chi connectivity index (χ3v) is 4.53. The molecule has 142 valence electrons. The van der Waals surface area contributed by atoms with Crippen LogP contribution < -0.4 is 10.5 Å². The van der Waals surface area contributed by atoms with Crippen molar-refractivity contribution >= 4 is 0 Å². The van der Waals surface area contributed by atoms with Crippen molar-refractivity contribution in [3.63, 3.8) is 0 Å². The first-order valence-electron chi connectivity index (χ1n) is 8.83. The van der Waals surface area contributed by atoms with Crippen molar-refractivity contribution < 1.29 is 13.5 Å². The Balaban J connectivity index is 2.33. The second kappa shape index (κ2) is 8.54. The number of alkyl halides is 2. The molecule has 0 bridgehead atoms. The van der Waals surface area contributed by atoms with Gasteiger partial charge in [0, 0.05) is 29.6 Å². The van der Waals surface area contributed by atoms with Crippen LogP contribution in [0.15, 0.2) is 24.5 Å². The SMILES string of the molecule is Cc1nccc(-c2cnc(O[C@H](N)C(C)CC(C)C)c(C(F)F)c2)c1C. The highest BCUT2D eigenvalue weighted by atomic mass is 19.3. The lowest BCUT2D eigenvalue weighted by atomic mass is 9.97. The highest BCUT2D eigenvalue weighted by Crippen LogP contribution is 2.33. The summed E-state index contributed by atoms with van der Waals surface area (Å²) >= 11 is 0. The topological polar surface area (TPSA) is 61.0 Å². The molecule has 0 aliphatic carbocycles. The van der Waals surface area contributed by atoms with Gasteiger partial charge in [-0.1, -0.05) is 20.8 Å². The van der Waals surface area contributed by atoms with Gasteiger partial charge in [0.1, 0.15) is 0 Å². The molecule has 0 fully saturated rings. The van der Waals surface area contributed by atoms with Crippen LogP contribution in [0.1, 0.15) is 50.4 Å². The second-order valence-corrected chi connectivity index (χ2v) is 7.18. The van der Waals surface area contributed by atoms with Gasteiger partial charge < -0.3 is 4.74 Å². The number of rotatable bonds is 7. The van der Waals surface area contributed by atoms with Crippen molar-refractivity contribution in [2.24, 2.45) is 17.6 Å². The first kappa shape index (κ1) is 20.2. The van der Waals surface area contributed by atoms with E-state index in [1.54, 1.807) is 18.5 Å². The number of aryl methyl sites for hydroxylation is 1. The van der Waals surface area contributed by atoms with Crippen LogP contribution in [0.4, 0.5) is 8.78 Å². The molecule has 2 heterocycles. The van der Waals surface area contributed by atoms with E-state index in [0.717, 1.165) is 23.2 Å². The van der Waals surface area contributed by atoms with E-state index in [0.29, 0.717) is 11.5 Å². The van der Waals surface area contributed by atoms with Crippen molar-refractivity contribution in [1.82, 2.24) is 9.97 Å². The molecule has 2 rings (SSSR count). The van der Waals surface area contributed by atoms with E-state index in [4.69, 9.17) is 10.5 Å². The van der Waals surface area contributed by atoms with E-state index in [1.807, 2.05) is 20.8 Å². The third-order valence-electron chi connectivity index (χ3n) is 4.53. The predicted octanol–water partition coefficient (Wildman–Crippen LogP) is 5.04. The minimum absolute atomic E-state index is 0.0343. The molecule has 0 saturated heterocycles. The van der Waals surface area contributed by atoms with E-state index in [9.17, 15) is 8.78 Å². The van der Waals surface area contributed by atoms with Gasteiger partial charge in [-0.2, -0.15) is 0 Å². The summed E-state index contributed by atoms with van der Waals surface area (Å²) in [7, 11) is 0. The number of nitrogens with two attached hydrogens (primary N) is 1. The molecule has 0 spiro atoms. The molecule has 2 aromatic heterocycles. The second-order valence-electron chi connectivity index (χ2n) is 7.18. The minimum Gasteiger partial charge on any atom is -0.458 e. The van der Waals surface area contributed by atoms with E-state index >= 15 is 0 Å². The van der Waals surface area contributed by atoms with Crippen LogP contribution in [0.5, 0.6) is 5.88 Å². The summed E-state index contributed by atoms with van der Waals surface area (Å²) in [5, 5.41) is 0. The average molecular weight is 363 g/mol. The van der Waals surface area contributed by atoms with Gasteiger partial charge in [0.15, 0.2) is 6.23 Å². The number of hydrogen-bond donors (Lipinski definition) is 1. The fraction of sp³-hybridized carbons (Fsp3) is 0.500. The number of ether oxygens (including phenoxy) is 1. The first-order valence-corrected chi connectivity index (χ1v) is 8.83. The van der Waals surface area contributed by atoms with Crippen molar-refractivity contribution in [2.75, 3.05) is 0 Å². The number of aromatic nitrogens is 2. The van der Waals surface area contributed by atoms with Crippen molar-refractivity contribution in [2.45, 2.75) is 53.7 Å². The molecule has 2 aromatic rings. The molecule has 4 nitrogen and oxygen atoms in total. The zero-order chi connectivity index (χ0) is 19.4. The van der Waals surface area contributed by atoms with Gasteiger partial charge in [0.05, 0.1) is 5.56 Å². The van der Waals surface area contributed by atoms with Crippen molar-refractivity contribution in [3.05, 3.63) is 41.3 Å². The van der Waals surface area contributed by atoms with Crippen LogP contribution in [0.2, 0.25) is 0 Å². The summed E-state index contributed by atoms with van der Waals surface area (Å²) in [6, 6.07) is 3.22. The summed E-state index contributed by atoms with van der Waals surface area (Å²) in [5.74, 6) is 0.379. The Labute approximate surface area is 153 Å². The standard InChI is InChI=1S/C20H27F2N3O/c1-11(2)8-12(3)19(23)26-20-17(18(21)22)9-15(10-25-20)16-6-7-24-14(5)13(16)4/h6-7,9-12,18-19H,8,23H2,1-5H3/t12?,19-/m0/s1. The highest BCUT2D eigenvalue weighted by molar-refractivity contribution is 5.68. The predicted molar refractivity (Wildman–Crippen MR) is 99.1 cm³/mol. The van der Waals surface area contributed by atoms with Crippen molar-refractivity contribution in [1.29, 1.82) is 0 Å². The van der Waals surface area contributed by atoms with Gasteiger partial charge in [0.2, 0.25) is 5.88 Å². The third kappa shape index (κ3) is 4.75. The van der Waals surface area contributed by atoms with Gasteiger partial charge in [-0.05, 0) is 49.4 Å². The molecular weight excluding hydrogens is 336 g/mol. The van der Waals surface area contributed by atoms with E-state index in [2.05, 4.69) is 23.8 Å². The molecule has 0 aliphatic rings. The average Bonchev–Trinajstić information content (AvgIpc) is 2.57. The van der Waals surface area contributed by atoms with Crippen LogP contribution in [0.3, 0.4) is 0 Å². The molecule has 2 N–H and O–H groups in total. The van der Waals surface area contributed by atoms with Gasteiger partial charge in [-0.15, -0.1) is 0 Å². The highest BCUT2D eigenvalue weighted by Gasteiger charge is 2.22. The maximum Gasteiger partial charge on any atom is 0.269 e. The van der Waals surface area contributed by atoms with Gasteiger partial charge in [-0.3, -0.25) is 10.7 Å². The van der Waals surface area contributed by atoms with Gasteiger partial charge in [0.25, 0.3) is 6.43 Å². The molecule has 1 unspecified atom stereocenters. The summed E-state index contributed by atoms with van der Waals surface area (Å²) in [6.45, 7) is 9.91. The van der Waals surface area contributed by atoms with E-state index < -0.39 is 12.7 Å². The van der Waals surface area contributed by atoms with E-state index in [-0.39, 0.29) is 17.4 Å². The molecule has 0 radical (unpaired) electrons. The Morgan fingerprint density at radius 1 is 1.15 bits per heavy atom. The summed E-state index contributed by atoms with van der Waals surface area (Å²) < 4.78 is 32.8. The Morgan fingerprint density at radius 3 is 2.46 bits per heavy atom.